The SMILES string of the molecule is CO[C@]1(CO)O[C@H](CO)[C@@H](O)[C@@H]1O. The lowest BCUT2D eigenvalue weighted by Gasteiger charge is -2.27. The molecule has 1 aliphatic heterocycles. The molecule has 1 saturated heterocycles. The van der Waals surface area contributed by atoms with E-state index in [-0.39, 0.29) is 0 Å². The highest BCUT2D eigenvalue weighted by molar-refractivity contribution is 4.95. The minimum Gasteiger partial charge on any atom is -0.394 e. The topological polar surface area (TPSA) is 99.4 Å². The van der Waals surface area contributed by atoms with Gasteiger partial charge in [0.2, 0.25) is 5.79 Å². The number of rotatable bonds is 3. The first-order valence-electron chi connectivity index (χ1n) is 3.92. The van der Waals surface area contributed by atoms with Gasteiger partial charge in [0.25, 0.3) is 0 Å². The zero-order chi connectivity index (χ0) is 10.1. The fraction of sp³-hybridized carbons (Fsp3) is 1.00. The third kappa shape index (κ3) is 1.56. The van der Waals surface area contributed by atoms with Crippen LogP contribution < -0.4 is 0 Å². The lowest BCUT2D eigenvalue weighted by Crippen LogP contribution is -2.47. The third-order valence-electron chi connectivity index (χ3n) is 2.25. The number of hydrogen-bond acceptors (Lipinski definition) is 6. The summed E-state index contributed by atoms with van der Waals surface area (Å²) in [5.74, 6) is -1.62. The molecule has 1 aliphatic rings. The summed E-state index contributed by atoms with van der Waals surface area (Å²) >= 11 is 0. The third-order valence-corrected chi connectivity index (χ3v) is 2.25. The summed E-state index contributed by atoms with van der Waals surface area (Å²) in [6.45, 7) is -1.03. The molecule has 6 nitrogen and oxygen atoms in total. The molecule has 6 heteroatoms. The van der Waals surface area contributed by atoms with Crippen LogP contribution >= 0.6 is 0 Å². The van der Waals surface area contributed by atoms with Gasteiger partial charge in [0.15, 0.2) is 0 Å². The molecular formula is C7H14O6. The highest BCUT2D eigenvalue weighted by Crippen LogP contribution is 2.31. The molecule has 78 valence electrons. The van der Waals surface area contributed by atoms with Crippen LogP contribution in [0.25, 0.3) is 0 Å². The number of ether oxygens (including phenoxy) is 2. The van der Waals surface area contributed by atoms with Crippen LogP contribution in [-0.4, -0.2) is 64.8 Å². The summed E-state index contributed by atoms with van der Waals surface area (Å²) in [4.78, 5) is 0. The summed E-state index contributed by atoms with van der Waals surface area (Å²) in [6.07, 6.45) is -3.54. The van der Waals surface area contributed by atoms with Gasteiger partial charge in [-0.3, -0.25) is 0 Å². The van der Waals surface area contributed by atoms with Crippen LogP contribution in [0.3, 0.4) is 0 Å². The van der Waals surface area contributed by atoms with Crippen molar-refractivity contribution in [1.29, 1.82) is 0 Å². The van der Waals surface area contributed by atoms with Crippen molar-refractivity contribution in [3.8, 4) is 0 Å². The Hall–Kier alpha value is -0.240. The summed E-state index contributed by atoms with van der Waals surface area (Å²) < 4.78 is 9.77. The van der Waals surface area contributed by atoms with Crippen LogP contribution in [0.15, 0.2) is 0 Å². The molecule has 1 heterocycles. The normalized spacial score (nSPS) is 45.5. The van der Waals surface area contributed by atoms with Crippen LogP contribution in [0.5, 0.6) is 0 Å². The van der Waals surface area contributed by atoms with E-state index in [2.05, 4.69) is 0 Å². The second-order valence-electron chi connectivity index (χ2n) is 2.95. The molecule has 0 saturated carbocycles. The lowest BCUT2D eigenvalue weighted by molar-refractivity contribution is -0.263. The van der Waals surface area contributed by atoms with Crippen LogP contribution in [0.4, 0.5) is 0 Å². The van der Waals surface area contributed by atoms with Crippen molar-refractivity contribution in [2.24, 2.45) is 0 Å². The Bertz CT molecular complexity index is 168. The summed E-state index contributed by atoms with van der Waals surface area (Å²) in [7, 11) is 1.24. The first-order valence-corrected chi connectivity index (χ1v) is 3.92. The first kappa shape index (κ1) is 10.8. The molecule has 0 spiro atoms. The highest BCUT2D eigenvalue weighted by atomic mass is 16.7. The molecule has 13 heavy (non-hydrogen) atoms. The molecule has 1 fully saturated rings. The number of aliphatic hydroxyl groups excluding tert-OH is 4. The maximum Gasteiger partial charge on any atom is 0.221 e. The average molecular weight is 194 g/mol. The van der Waals surface area contributed by atoms with Crippen molar-refractivity contribution in [3.63, 3.8) is 0 Å². The summed E-state index contributed by atoms with van der Waals surface area (Å²) in [5.41, 5.74) is 0. The molecule has 0 amide bonds. The Morgan fingerprint density at radius 2 is 2.00 bits per heavy atom. The minimum absolute atomic E-state index is 0.441. The van der Waals surface area contributed by atoms with Crippen LogP contribution in [-0.2, 0) is 9.47 Å². The maximum absolute atomic E-state index is 9.44. The van der Waals surface area contributed by atoms with Crippen molar-refractivity contribution in [2.45, 2.75) is 24.1 Å². The first-order chi connectivity index (χ1) is 6.11. The molecular weight excluding hydrogens is 180 g/mol. The maximum atomic E-state index is 9.44. The summed E-state index contributed by atoms with van der Waals surface area (Å²) in [5, 5.41) is 36.4. The van der Waals surface area contributed by atoms with Gasteiger partial charge in [-0.15, -0.1) is 0 Å². The Labute approximate surface area is 75.3 Å². The van der Waals surface area contributed by atoms with E-state index in [4.69, 9.17) is 19.7 Å². The second kappa shape index (κ2) is 3.87. The molecule has 0 bridgehead atoms. The fourth-order valence-electron chi connectivity index (χ4n) is 1.37. The number of hydrogen-bond donors (Lipinski definition) is 4. The zero-order valence-corrected chi connectivity index (χ0v) is 7.25. The van der Waals surface area contributed by atoms with Gasteiger partial charge in [-0.25, -0.2) is 0 Å². The van der Waals surface area contributed by atoms with Crippen molar-refractivity contribution in [1.82, 2.24) is 0 Å². The van der Waals surface area contributed by atoms with E-state index in [0.717, 1.165) is 0 Å². The molecule has 4 N–H and O–H groups in total. The summed E-state index contributed by atoms with van der Waals surface area (Å²) in [6, 6.07) is 0. The number of aliphatic hydroxyl groups is 4. The predicted octanol–water partition coefficient (Wildman–Crippen LogP) is -2.57. The Balaban J connectivity index is 2.79. The van der Waals surface area contributed by atoms with Gasteiger partial charge in [-0.05, 0) is 0 Å². The van der Waals surface area contributed by atoms with E-state index in [0.29, 0.717) is 0 Å². The second-order valence-corrected chi connectivity index (χ2v) is 2.95. The van der Waals surface area contributed by atoms with E-state index in [1.165, 1.54) is 7.11 Å². The molecule has 0 unspecified atom stereocenters. The molecule has 4 atom stereocenters. The van der Waals surface area contributed by atoms with Gasteiger partial charge < -0.3 is 29.9 Å². The largest absolute Gasteiger partial charge is 0.394 e. The Kier molecular flexibility index (Phi) is 3.23. The molecule has 0 aromatic heterocycles. The van der Waals surface area contributed by atoms with E-state index >= 15 is 0 Å². The van der Waals surface area contributed by atoms with Gasteiger partial charge >= 0.3 is 0 Å². The van der Waals surface area contributed by atoms with Gasteiger partial charge in [0.1, 0.15) is 24.9 Å². The van der Waals surface area contributed by atoms with E-state index < -0.39 is 37.3 Å². The van der Waals surface area contributed by atoms with Crippen molar-refractivity contribution in [3.05, 3.63) is 0 Å². The van der Waals surface area contributed by atoms with Crippen LogP contribution in [0, 0.1) is 0 Å². The molecule has 0 aliphatic carbocycles. The smallest absolute Gasteiger partial charge is 0.221 e. The van der Waals surface area contributed by atoms with Gasteiger partial charge in [0.05, 0.1) is 6.61 Å². The standard InChI is InChI=1S/C7H14O6/c1-12-7(3-9)6(11)5(10)4(2-8)13-7/h4-6,8-11H,2-3H2,1H3/t4-,5-,6+,7-/m1/s1. The Morgan fingerprint density at radius 1 is 1.38 bits per heavy atom. The van der Waals surface area contributed by atoms with E-state index in [1.807, 2.05) is 0 Å². The highest BCUT2D eigenvalue weighted by Gasteiger charge is 2.54. The number of methoxy groups -OCH3 is 1. The quantitative estimate of drug-likeness (QED) is 0.394. The Morgan fingerprint density at radius 3 is 2.23 bits per heavy atom. The van der Waals surface area contributed by atoms with Gasteiger partial charge in [-0.2, -0.15) is 0 Å². The minimum atomic E-state index is -1.62. The van der Waals surface area contributed by atoms with Gasteiger partial charge in [0, 0.05) is 7.11 Å². The van der Waals surface area contributed by atoms with Gasteiger partial charge in [-0.1, -0.05) is 0 Å². The molecule has 0 radical (unpaired) electrons. The van der Waals surface area contributed by atoms with E-state index in [9.17, 15) is 10.2 Å². The predicted molar refractivity (Wildman–Crippen MR) is 40.8 cm³/mol. The molecule has 1 rings (SSSR count). The van der Waals surface area contributed by atoms with Crippen molar-refractivity contribution >= 4 is 0 Å². The van der Waals surface area contributed by atoms with Crippen molar-refractivity contribution < 1.29 is 29.9 Å². The monoisotopic (exact) mass is 194 g/mol. The van der Waals surface area contributed by atoms with Crippen LogP contribution in [0.1, 0.15) is 0 Å². The molecule has 0 aromatic carbocycles. The molecule has 0 aromatic rings. The van der Waals surface area contributed by atoms with Crippen molar-refractivity contribution in [2.75, 3.05) is 20.3 Å². The zero-order valence-electron chi connectivity index (χ0n) is 7.25. The fourth-order valence-corrected chi connectivity index (χ4v) is 1.37. The average Bonchev–Trinajstić information content (AvgIpc) is 2.42. The van der Waals surface area contributed by atoms with Crippen LogP contribution in [0.2, 0.25) is 0 Å². The van der Waals surface area contributed by atoms with E-state index in [1.54, 1.807) is 0 Å². The lowest BCUT2D eigenvalue weighted by atomic mass is 10.1.